The van der Waals surface area contributed by atoms with Crippen LogP contribution in [-0.2, 0) is 16.1 Å². The topological polar surface area (TPSA) is 45.9 Å². The maximum atomic E-state index is 13.3. The van der Waals surface area contributed by atoms with Gasteiger partial charge in [0.05, 0.1) is 25.3 Å². The number of piperidine rings is 1. The molecule has 2 saturated heterocycles. The van der Waals surface area contributed by atoms with Crippen molar-refractivity contribution >= 4 is 5.91 Å². The van der Waals surface area contributed by atoms with Crippen molar-refractivity contribution in [2.24, 2.45) is 0 Å². The van der Waals surface area contributed by atoms with Gasteiger partial charge in [-0.05, 0) is 37.0 Å². The highest BCUT2D eigenvalue weighted by Gasteiger charge is 2.51. The average Bonchev–Trinajstić information content (AvgIpc) is 3.30. The molecule has 144 valence electrons. The summed E-state index contributed by atoms with van der Waals surface area (Å²) in [5.41, 5.74) is 1.09. The number of carbonyl (C=O) groups is 1. The number of furan rings is 1. The van der Waals surface area contributed by atoms with Crippen LogP contribution in [0.25, 0.3) is 0 Å². The Hall–Kier alpha value is -2.11. The number of methoxy groups -OCH3 is 1. The Labute approximate surface area is 160 Å². The maximum Gasteiger partial charge on any atom is 0.230 e. The van der Waals surface area contributed by atoms with Gasteiger partial charge in [-0.15, -0.1) is 0 Å². The lowest BCUT2D eigenvalue weighted by molar-refractivity contribution is -0.134. The number of amides is 1. The third-order valence-electron chi connectivity index (χ3n) is 6.19. The largest absolute Gasteiger partial charge is 0.468 e. The van der Waals surface area contributed by atoms with Gasteiger partial charge in [-0.3, -0.25) is 9.69 Å². The Bertz CT molecular complexity index is 736. The Balaban J connectivity index is 1.50. The van der Waals surface area contributed by atoms with E-state index >= 15 is 0 Å². The number of hydrogen-bond acceptors (Lipinski definition) is 4. The summed E-state index contributed by atoms with van der Waals surface area (Å²) in [6, 6.07) is 14.2. The summed E-state index contributed by atoms with van der Waals surface area (Å²) in [6.45, 7) is 4.08. The maximum absolute atomic E-state index is 13.3. The number of nitrogens with zero attached hydrogens (tertiary/aromatic N) is 2. The highest BCUT2D eigenvalue weighted by molar-refractivity contribution is 5.87. The average molecular weight is 368 g/mol. The first-order valence-corrected chi connectivity index (χ1v) is 9.82. The van der Waals surface area contributed by atoms with E-state index in [1.165, 1.54) is 0 Å². The first kappa shape index (κ1) is 18.3. The SMILES string of the molecule is COCCN1C(=O)C(c2ccccc2)CC12CCN(Cc1ccco1)CC2. The van der Waals surface area contributed by atoms with E-state index in [1.54, 1.807) is 13.4 Å². The predicted octanol–water partition coefficient (Wildman–Crippen LogP) is 3.28. The van der Waals surface area contributed by atoms with Gasteiger partial charge in [-0.2, -0.15) is 0 Å². The summed E-state index contributed by atoms with van der Waals surface area (Å²) in [7, 11) is 1.70. The standard InChI is InChI=1S/C22H28N2O3/c1-26-15-13-24-21(25)20(18-6-3-2-4-7-18)16-22(24)9-11-23(12-10-22)17-19-8-5-14-27-19/h2-8,14,20H,9-13,15-17H2,1H3. The molecule has 1 amide bonds. The fraction of sp³-hybridized carbons (Fsp3) is 0.500. The van der Waals surface area contributed by atoms with E-state index in [9.17, 15) is 4.79 Å². The van der Waals surface area contributed by atoms with E-state index in [0.29, 0.717) is 13.2 Å². The monoisotopic (exact) mass is 368 g/mol. The lowest BCUT2D eigenvalue weighted by atomic mass is 9.81. The molecule has 2 aliphatic rings. The first-order chi connectivity index (χ1) is 13.2. The number of likely N-dealkylation sites (tertiary alicyclic amines) is 2. The van der Waals surface area contributed by atoms with Crippen molar-refractivity contribution in [3.8, 4) is 0 Å². The molecule has 5 heteroatoms. The molecule has 0 aliphatic carbocycles. The van der Waals surface area contributed by atoms with E-state index < -0.39 is 0 Å². The molecular formula is C22H28N2O3. The number of carbonyl (C=O) groups excluding carboxylic acids is 1. The zero-order valence-corrected chi connectivity index (χ0v) is 16.0. The second-order valence-electron chi connectivity index (χ2n) is 7.73. The second-order valence-corrected chi connectivity index (χ2v) is 7.73. The van der Waals surface area contributed by atoms with E-state index in [4.69, 9.17) is 9.15 Å². The number of benzene rings is 1. The molecule has 1 aromatic heterocycles. The summed E-state index contributed by atoms with van der Waals surface area (Å²) < 4.78 is 10.8. The Morgan fingerprint density at radius 2 is 1.93 bits per heavy atom. The van der Waals surface area contributed by atoms with Crippen molar-refractivity contribution in [1.82, 2.24) is 9.80 Å². The summed E-state index contributed by atoms with van der Waals surface area (Å²) in [6.07, 6.45) is 4.65. The minimum atomic E-state index is -0.0458. The molecule has 5 nitrogen and oxygen atoms in total. The molecule has 2 aliphatic heterocycles. The van der Waals surface area contributed by atoms with E-state index in [-0.39, 0.29) is 17.4 Å². The van der Waals surface area contributed by atoms with Crippen LogP contribution in [0.1, 0.15) is 36.5 Å². The molecule has 1 unspecified atom stereocenters. The number of hydrogen-bond donors (Lipinski definition) is 0. The van der Waals surface area contributed by atoms with Gasteiger partial charge >= 0.3 is 0 Å². The smallest absolute Gasteiger partial charge is 0.230 e. The van der Waals surface area contributed by atoms with Gasteiger partial charge < -0.3 is 14.1 Å². The predicted molar refractivity (Wildman–Crippen MR) is 103 cm³/mol. The van der Waals surface area contributed by atoms with Crippen LogP contribution in [0.15, 0.2) is 53.1 Å². The molecule has 0 N–H and O–H groups in total. The van der Waals surface area contributed by atoms with E-state index in [2.05, 4.69) is 21.9 Å². The quantitative estimate of drug-likeness (QED) is 0.785. The molecule has 0 saturated carbocycles. The Morgan fingerprint density at radius 3 is 2.59 bits per heavy atom. The molecule has 2 fully saturated rings. The molecule has 1 spiro atoms. The molecular weight excluding hydrogens is 340 g/mol. The van der Waals surface area contributed by atoms with Crippen LogP contribution in [0, 0.1) is 0 Å². The summed E-state index contributed by atoms with van der Waals surface area (Å²) >= 11 is 0. The Kier molecular flexibility index (Phi) is 5.32. The normalized spacial score (nSPS) is 22.6. The molecule has 2 aromatic rings. The Morgan fingerprint density at radius 1 is 1.15 bits per heavy atom. The van der Waals surface area contributed by atoms with Gasteiger partial charge in [0.25, 0.3) is 0 Å². The lowest BCUT2D eigenvalue weighted by Gasteiger charge is -2.44. The third kappa shape index (κ3) is 3.66. The fourth-order valence-electron chi connectivity index (χ4n) is 4.70. The van der Waals surface area contributed by atoms with Crippen LogP contribution >= 0.6 is 0 Å². The third-order valence-corrected chi connectivity index (χ3v) is 6.19. The molecule has 3 heterocycles. The van der Waals surface area contributed by atoms with E-state index in [1.807, 2.05) is 30.3 Å². The summed E-state index contributed by atoms with van der Waals surface area (Å²) in [4.78, 5) is 17.8. The van der Waals surface area contributed by atoms with Crippen LogP contribution in [0.2, 0.25) is 0 Å². The highest BCUT2D eigenvalue weighted by Crippen LogP contribution is 2.45. The number of rotatable bonds is 6. The van der Waals surface area contributed by atoms with Crippen molar-refractivity contribution in [3.63, 3.8) is 0 Å². The molecule has 0 radical (unpaired) electrons. The molecule has 1 aromatic carbocycles. The molecule has 4 rings (SSSR count). The van der Waals surface area contributed by atoms with Gasteiger partial charge in [0.15, 0.2) is 0 Å². The lowest BCUT2D eigenvalue weighted by Crippen LogP contribution is -2.53. The van der Waals surface area contributed by atoms with Crippen molar-refractivity contribution in [2.75, 3.05) is 33.4 Å². The van der Waals surface area contributed by atoms with Gasteiger partial charge in [0.1, 0.15) is 5.76 Å². The fourth-order valence-corrected chi connectivity index (χ4v) is 4.70. The minimum absolute atomic E-state index is 0.0281. The highest BCUT2D eigenvalue weighted by atomic mass is 16.5. The molecule has 0 bridgehead atoms. The van der Waals surface area contributed by atoms with Crippen LogP contribution in [0.5, 0.6) is 0 Å². The van der Waals surface area contributed by atoms with Crippen molar-refractivity contribution < 1.29 is 13.9 Å². The van der Waals surface area contributed by atoms with Crippen LogP contribution in [0.4, 0.5) is 0 Å². The summed E-state index contributed by atoms with van der Waals surface area (Å²) in [5, 5.41) is 0. The van der Waals surface area contributed by atoms with Gasteiger partial charge in [0.2, 0.25) is 5.91 Å². The van der Waals surface area contributed by atoms with Gasteiger partial charge in [0, 0.05) is 32.3 Å². The first-order valence-electron chi connectivity index (χ1n) is 9.82. The van der Waals surface area contributed by atoms with Crippen molar-refractivity contribution in [3.05, 3.63) is 60.1 Å². The molecule has 27 heavy (non-hydrogen) atoms. The van der Waals surface area contributed by atoms with Crippen molar-refractivity contribution in [1.29, 1.82) is 0 Å². The zero-order chi connectivity index (χ0) is 18.7. The number of ether oxygens (including phenoxy) is 1. The van der Waals surface area contributed by atoms with E-state index in [0.717, 1.165) is 50.2 Å². The van der Waals surface area contributed by atoms with Crippen LogP contribution in [0.3, 0.4) is 0 Å². The minimum Gasteiger partial charge on any atom is -0.468 e. The van der Waals surface area contributed by atoms with Crippen LogP contribution in [-0.4, -0.2) is 54.6 Å². The zero-order valence-electron chi connectivity index (χ0n) is 16.0. The summed E-state index contributed by atoms with van der Waals surface area (Å²) in [5.74, 6) is 1.24. The van der Waals surface area contributed by atoms with Crippen molar-refractivity contribution in [2.45, 2.75) is 37.3 Å². The van der Waals surface area contributed by atoms with Gasteiger partial charge in [-0.1, -0.05) is 30.3 Å². The van der Waals surface area contributed by atoms with Crippen LogP contribution < -0.4 is 0 Å². The molecule has 1 atom stereocenters. The second kappa shape index (κ2) is 7.87. The van der Waals surface area contributed by atoms with Gasteiger partial charge in [-0.25, -0.2) is 0 Å².